The van der Waals surface area contributed by atoms with Crippen LogP contribution in [-0.4, -0.2) is 38.9 Å². The molecule has 0 fully saturated rings. The number of aldehydes is 1. The zero-order valence-corrected chi connectivity index (χ0v) is 15.0. The van der Waals surface area contributed by atoms with Crippen molar-refractivity contribution in [3.8, 4) is 11.1 Å². The molecule has 0 amide bonds. The van der Waals surface area contributed by atoms with Crippen LogP contribution >= 0.6 is 0 Å². The number of carbonyl (C=O) groups is 1. The maximum absolute atomic E-state index is 10.4. The number of carbonyl (C=O) groups excluding carboxylic acids is 1. The molecule has 24 heavy (non-hydrogen) atoms. The summed E-state index contributed by atoms with van der Waals surface area (Å²) in [5.74, 6) is 0. The van der Waals surface area contributed by atoms with Crippen LogP contribution in [0.3, 0.4) is 0 Å². The molecule has 3 nitrogen and oxygen atoms in total. The van der Waals surface area contributed by atoms with Crippen LogP contribution in [0, 0.1) is 0 Å². The summed E-state index contributed by atoms with van der Waals surface area (Å²) in [6.07, 6.45) is 3.67. The molecule has 2 aromatic carbocycles. The second-order valence-electron chi connectivity index (χ2n) is 6.57. The van der Waals surface area contributed by atoms with Crippen molar-refractivity contribution in [2.45, 2.75) is 25.8 Å². The van der Waals surface area contributed by atoms with Crippen molar-refractivity contribution >= 4 is 12.0 Å². The molecule has 0 aliphatic rings. The minimum Gasteiger partial charge on any atom is -0.375 e. The fraction of sp³-hybridized carbons (Fsp3) is 0.381. The van der Waals surface area contributed by atoms with E-state index < -0.39 is 0 Å². The second-order valence-corrected chi connectivity index (χ2v) is 6.57. The third-order valence-electron chi connectivity index (χ3n) is 4.13. The van der Waals surface area contributed by atoms with Crippen molar-refractivity contribution in [1.82, 2.24) is 4.90 Å². The lowest BCUT2D eigenvalue weighted by Crippen LogP contribution is -2.18. The molecule has 0 saturated heterocycles. The van der Waals surface area contributed by atoms with Crippen LogP contribution in [0.1, 0.15) is 24.8 Å². The zero-order chi connectivity index (χ0) is 17.4. The molecule has 0 aliphatic carbocycles. The smallest absolute Gasteiger partial charge is 0.119 e. The number of hydrogen-bond donors (Lipinski definition) is 0. The van der Waals surface area contributed by atoms with E-state index in [1.807, 2.05) is 0 Å². The number of nitrogens with zero attached hydrogens (tertiary/aromatic N) is 2. The summed E-state index contributed by atoms with van der Waals surface area (Å²) in [5.41, 5.74) is 5.05. The first-order valence-corrected chi connectivity index (χ1v) is 8.59. The number of rotatable bonds is 9. The molecule has 2 rings (SSSR count). The monoisotopic (exact) mass is 324 g/mol. The van der Waals surface area contributed by atoms with Crippen molar-refractivity contribution in [3.63, 3.8) is 0 Å². The first-order valence-electron chi connectivity index (χ1n) is 8.59. The zero-order valence-electron chi connectivity index (χ0n) is 15.0. The Morgan fingerprint density at radius 3 is 2.33 bits per heavy atom. The fourth-order valence-electron chi connectivity index (χ4n) is 2.83. The molecule has 128 valence electrons. The highest BCUT2D eigenvalue weighted by molar-refractivity contribution is 5.67. The van der Waals surface area contributed by atoms with Gasteiger partial charge in [-0.3, -0.25) is 0 Å². The molecule has 0 aromatic heterocycles. The molecule has 0 saturated carbocycles. The Kier molecular flexibility index (Phi) is 7.01. The first-order chi connectivity index (χ1) is 11.6. The lowest BCUT2D eigenvalue weighted by atomic mass is 10.0. The van der Waals surface area contributed by atoms with Gasteiger partial charge in [0.2, 0.25) is 0 Å². The number of benzene rings is 2. The minimum atomic E-state index is 0.663. The molecule has 0 spiro atoms. The average molecular weight is 324 g/mol. The van der Waals surface area contributed by atoms with Gasteiger partial charge < -0.3 is 14.6 Å². The predicted octanol–water partition coefficient (Wildman–Crippen LogP) is 4.22. The molecule has 0 unspecified atom stereocenters. The van der Waals surface area contributed by atoms with E-state index in [1.165, 1.54) is 22.4 Å². The highest BCUT2D eigenvalue weighted by Gasteiger charge is 2.04. The molecular formula is C21H28N2O. The largest absolute Gasteiger partial charge is 0.375 e. The molecular weight excluding hydrogens is 296 g/mol. The van der Waals surface area contributed by atoms with E-state index in [4.69, 9.17) is 0 Å². The van der Waals surface area contributed by atoms with Gasteiger partial charge in [-0.25, -0.2) is 0 Å². The Hall–Kier alpha value is -2.13. The van der Waals surface area contributed by atoms with E-state index in [2.05, 4.69) is 79.5 Å². The highest BCUT2D eigenvalue weighted by Crippen LogP contribution is 2.24. The lowest BCUT2D eigenvalue weighted by Gasteiger charge is -2.19. The lowest BCUT2D eigenvalue weighted by molar-refractivity contribution is -0.107. The number of anilines is 1. The molecule has 0 N–H and O–H groups in total. The summed E-state index contributed by atoms with van der Waals surface area (Å²) in [6.45, 7) is 1.93. The predicted molar refractivity (Wildman–Crippen MR) is 102 cm³/mol. The first kappa shape index (κ1) is 18.2. The van der Waals surface area contributed by atoms with Crippen LogP contribution in [0.4, 0.5) is 5.69 Å². The van der Waals surface area contributed by atoms with E-state index in [1.54, 1.807) is 0 Å². The van der Waals surface area contributed by atoms with Crippen LogP contribution in [-0.2, 0) is 11.3 Å². The average Bonchev–Trinajstić information content (AvgIpc) is 2.58. The van der Waals surface area contributed by atoms with Crippen LogP contribution in [0.15, 0.2) is 48.5 Å². The Labute approximate surface area is 145 Å². The van der Waals surface area contributed by atoms with Gasteiger partial charge in [-0.15, -0.1) is 0 Å². The molecule has 2 aromatic rings. The van der Waals surface area contributed by atoms with E-state index in [-0.39, 0.29) is 0 Å². The van der Waals surface area contributed by atoms with Crippen molar-refractivity contribution in [3.05, 3.63) is 54.1 Å². The van der Waals surface area contributed by atoms with Gasteiger partial charge in [-0.05, 0) is 61.8 Å². The fourth-order valence-corrected chi connectivity index (χ4v) is 2.83. The maximum Gasteiger partial charge on any atom is 0.119 e. The SMILES string of the molecule is CN(C)Cc1cccc(-c2ccc(N(C)CCCCC=O)cc2)c1. The summed E-state index contributed by atoms with van der Waals surface area (Å²) in [4.78, 5) is 14.8. The van der Waals surface area contributed by atoms with Crippen LogP contribution in [0.5, 0.6) is 0 Å². The Bertz CT molecular complexity index is 635. The van der Waals surface area contributed by atoms with Gasteiger partial charge in [0.1, 0.15) is 6.29 Å². The van der Waals surface area contributed by atoms with Gasteiger partial charge in [-0.2, -0.15) is 0 Å². The van der Waals surface area contributed by atoms with E-state index >= 15 is 0 Å². The summed E-state index contributed by atoms with van der Waals surface area (Å²) < 4.78 is 0. The number of hydrogen-bond acceptors (Lipinski definition) is 3. The Morgan fingerprint density at radius 1 is 0.917 bits per heavy atom. The summed E-state index contributed by atoms with van der Waals surface area (Å²) >= 11 is 0. The molecule has 0 radical (unpaired) electrons. The molecule has 0 heterocycles. The molecule has 0 atom stereocenters. The highest BCUT2D eigenvalue weighted by atomic mass is 16.1. The van der Waals surface area contributed by atoms with Gasteiger partial charge in [0, 0.05) is 32.2 Å². The van der Waals surface area contributed by atoms with E-state index in [0.717, 1.165) is 32.2 Å². The number of unbranched alkanes of at least 4 members (excludes halogenated alkanes) is 2. The molecule has 0 aliphatic heterocycles. The second kappa shape index (κ2) is 9.24. The standard InChI is InChI=1S/C21H28N2O/c1-22(2)17-18-8-7-9-20(16-18)19-10-12-21(13-11-19)23(3)14-5-4-6-15-24/h7-13,15-16H,4-6,14,17H2,1-3H3. The van der Waals surface area contributed by atoms with Gasteiger partial charge >= 0.3 is 0 Å². The minimum absolute atomic E-state index is 0.663. The van der Waals surface area contributed by atoms with E-state index in [0.29, 0.717) is 6.42 Å². The summed E-state index contributed by atoms with van der Waals surface area (Å²) in [6, 6.07) is 17.4. The summed E-state index contributed by atoms with van der Waals surface area (Å²) in [5, 5.41) is 0. The Morgan fingerprint density at radius 2 is 1.67 bits per heavy atom. The van der Waals surface area contributed by atoms with Gasteiger partial charge in [0.25, 0.3) is 0 Å². The van der Waals surface area contributed by atoms with Crippen LogP contribution in [0.25, 0.3) is 11.1 Å². The van der Waals surface area contributed by atoms with Gasteiger partial charge in [0.05, 0.1) is 0 Å². The van der Waals surface area contributed by atoms with Crippen molar-refractivity contribution in [1.29, 1.82) is 0 Å². The van der Waals surface area contributed by atoms with Crippen molar-refractivity contribution in [2.24, 2.45) is 0 Å². The molecule has 0 bridgehead atoms. The normalized spacial score (nSPS) is 10.8. The van der Waals surface area contributed by atoms with E-state index in [9.17, 15) is 4.79 Å². The van der Waals surface area contributed by atoms with Crippen LogP contribution in [0.2, 0.25) is 0 Å². The Balaban J connectivity index is 2.02. The third-order valence-corrected chi connectivity index (χ3v) is 4.13. The summed E-state index contributed by atoms with van der Waals surface area (Å²) in [7, 11) is 6.28. The van der Waals surface area contributed by atoms with Gasteiger partial charge in [-0.1, -0.05) is 30.3 Å². The van der Waals surface area contributed by atoms with Crippen molar-refractivity contribution < 1.29 is 4.79 Å². The topological polar surface area (TPSA) is 23.6 Å². The van der Waals surface area contributed by atoms with Crippen LogP contribution < -0.4 is 4.90 Å². The maximum atomic E-state index is 10.4. The van der Waals surface area contributed by atoms with Gasteiger partial charge in [0.15, 0.2) is 0 Å². The molecule has 3 heteroatoms. The third kappa shape index (κ3) is 5.50. The van der Waals surface area contributed by atoms with Crippen molar-refractivity contribution in [2.75, 3.05) is 32.6 Å². The quantitative estimate of drug-likeness (QED) is 0.510.